The van der Waals surface area contributed by atoms with E-state index in [0.717, 1.165) is 16.7 Å². The molecular weight excluding hydrogens is 176 g/mol. The van der Waals surface area contributed by atoms with Crippen molar-refractivity contribution in [2.24, 2.45) is 5.14 Å². The van der Waals surface area contributed by atoms with Gasteiger partial charge in [0, 0.05) is 5.38 Å². The lowest BCUT2D eigenvalue weighted by Gasteiger charge is -1.86. The standard InChI is InChI=1S/C3H4N2O3S2/c4-10(7,8)2-1-9-3(6)5-2/h1H,(H,5,6)(H2,4,7,8). The van der Waals surface area contributed by atoms with Gasteiger partial charge in [-0.25, -0.2) is 13.6 Å². The van der Waals surface area contributed by atoms with Crippen molar-refractivity contribution < 1.29 is 8.42 Å². The first-order valence-corrected chi connectivity index (χ1v) is 4.63. The molecule has 0 aliphatic heterocycles. The number of nitrogens with one attached hydrogen (secondary N) is 1. The van der Waals surface area contributed by atoms with E-state index < -0.39 is 14.9 Å². The number of hydrogen-bond donors (Lipinski definition) is 2. The second-order valence-corrected chi connectivity index (χ2v) is 3.93. The van der Waals surface area contributed by atoms with E-state index in [2.05, 4.69) is 10.1 Å². The maximum absolute atomic E-state index is 10.5. The second-order valence-electron chi connectivity index (χ2n) is 1.56. The first-order valence-electron chi connectivity index (χ1n) is 2.21. The van der Waals surface area contributed by atoms with Gasteiger partial charge in [-0.3, -0.25) is 4.79 Å². The normalized spacial score (nSPS) is 11.7. The lowest BCUT2D eigenvalue weighted by atomic mass is 11.0. The second kappa shape index (κ2) is 2.19. The van der Waals surface area contributed by atoms with Crippen LogP contribution >= 0.6 is 11.3 Å². The molecule has 0 saturated carbocycles. The maximum Gasteiger partial charge on any atom is 0.305 e. The van der Waals surface area contributed by atoms with Gasteiger partial charge < -0.3 is 4.98 Å². The monoisotopic (exact) mass is 180 g/mol. The molecule has 0 aliphatic carbocycles. The van der Waals surface area contributed by atoms with Gasteiger partial charge in [-0.2, -0.15) is 0 Å². The lowest BCUT2D eigenvalue weighted by Crippen LogP contribution is -2.13. The Bertz CT molecular complexity index is 372. The Morgan fingerprint density at radius 2 is 2.20 bits per heavy atom. The van der Waals surface area contributed by atoms with Gasteiger partial charge in [0.15, 0.2) is 5.03 Å². The minimum atomic E-state index is -3.73. The molecule has 5 nitrogen and oxygen atoms in total. The fraction of sp³-hybridized carbons (Fsp3) is 0. The zero-order chi connectivity index (χ0) is 7.78. The summed E-state index contributed by atoms with van der Waals surface area (Å²) in [5.74, 6) is 0. The van der Waals surface area contributed by atoms with Crippen LogP contribution in [0.1, 0.15) is 0 Å². The van der Waals surface area contributed by atoms with Crippen LogP contribution in [0.15, 0.2) is 15.2 Å². The maximum atomic E-state index is 10.5. The summed E-state index contributed by atoms with van der Waals surface area (Å²) in [5, 5.41) is 5.61. The smallest absolute Gasteiger partial charge is 0.302 e. The Labute approximate surface area is 60.6 Å². The van der Waals surface area contributed by atoms with E-state index in [1.54, 1.807) is 0 Å². The molecule has 7 heteroatoms. The fourth-order valence-corrected chi connectivity index (χ4v) is 1.83. The summed E-state index contributed by atoms with van der Waals surface area (Å²) in [6.07, 6.45) is 0. The summed E-state index contributed by atoms with van der Waals surface area (Å²) < 4.78 is 20.9. The summed E-state index contributed by atoms with van der Waals surface area (Å²) >= 11 is 0.761. The molecule has 0 fully saturated rings. The SMILES string of the molecule is NS(=O)(=O)c1csc(=O)[nH]1. The van der Waals surface area contributed by atoms with Crippen molar-refractivity contribution in [2.45, 2.75) is 5.03 Å². The predicted molar refractivity (Wildman–Crippen MR) is 36.3 cm³/mol. The van der Waals surface area contributed by atoms with Gasteiger partial charge in [0.05, 0.1) is 0 Å². The molecule has 0 spiro atoms. The lowest BCUT2D eigenvalue weighted by molar-refractivity contribution is 0.594. The third kappa shape index (κ3) is 1.43. The van der Waals surface area contributed by atoms with Crippen LogP contribution in [0.25, 0.3) is 0 Å². The van der Waals surface area contributed by atoms with Gasteiger partial charge in [-0.1, -0.05) is 11.3 Å². The Balaban J connectivity index is 3.34. The summed E-state index contributed by atoms with van der Waals surface area (Å²) in [5.41, 5.74) is 0. The Kier molecular flexibility index (Phi) is 1.63. The topological polar surface area (TPSA) is 93.0 Å². The highest BCUT2D eigenvalue weighted by Crippen LogP contribution is 2.00. The molecular formula is C3H4N2O3S2. The summed E-state index contributed by atoms with van der Waals surface area (Å²) in [7, 11) is -3.73. The van der Waals surface area contributed by atoms with Crippen molar-refractivity contribution in [1.82, 2.24) is 4.98 Å². The van der Waals surface area contributed by atoms with Crippen molar-refractivity contribution in [3.05, 3.63) is 15.0 Å². The molecule has 0 radical (unpaired) electrons. The molecule has 0 amide bonds. The van der Waals surface area contributed by atoms with Crippen LogP contribution in [-0.4, -0.2) is 13.4 Å². The van der Waals surface area contributed by atoms with Crippen molar-refractivity contribution in [1.29, 1.82) is 0 Å². The number of thiazole rings is 1. The minimum absolute atomic E-state index is 0.234. The van der Waals surface area contributed by atoms with Gasteiger partial charge in [0.2, 0.25) is 0 Å². The average molecular weight is 180 g/mol. The van der Waals surface area contributed by atoms with Crippen LogP contribution < -0.4 is 10.0 Å². The van der Waals surface area contributed by atoms with E-state index in [0.29, 0.717) is 0 Å². The van der Waals surface area contributed by atoms with Gasteiger partial charge in [-0.05, 0) is 0 Å². The van der Waals surface area contributed by atoms with Crippen molar-refractivity contribution in [3.8, 4) is 0 Å². The molecule has 1 aromatic rings. The van der Waals surface area contributed by atoms with E-state index in [1.165, 1.54) is 0 Å². The molecule has 1 aromatic heterocycles. The van der Waals surface area contributed by atoms with Gasteiger partial charge in [0.1, 0.15) is 0 Å². The third-order valence-corrected chi connectivity index (χ3v) is 2.46. The Morgan fingerprint density at radius 1 is 1.60 bits per heavy atom. The highest BCUT2D eigenvalue weighted by molar-refractivity contribution is 7.89. The van der Waals surface area contributed by atoms with Gasteiger partial charge in [0.25, 0.3) is 10.0 Å². The summed E-state index contributed by atoms with van der Waals surface area (Å²) in [6, 6.07) is 0. The molecule has 0 bridgehead atoms. The van der Waals surface area contributed by atoms with Crippen LogP contribution in [0.3, 0.4) is 0 Å². The molecule has 0 aliphatic rings. The van der Waals surface area contributed by atoms with Crippen LogP contribution in [-0.2, 0) is 10.0 Å². The predicted octanol–water partition coefficient (Wildman–Crippen LogP) is -0.916. The zero-order valence-electron chi connectivity index (χ0n) is 4.70. The van der Waals surface area contributed by atoms with Crippen LogP contribution in [0.4, 0.5) is 0 Å². The van der Waals surface area contributed by atoms with Gasteiger partial charge >= 0.3 is 4.87 Å². The first-order chi connectivity index (χ1) is 4.50. The summed E-state index contributed by atoms with van der Waals surface area (Å²) in [4.78, 5) is 12.0. The molecule has 3 N–H and O–H groups in total. The quantitative estimate of drug-likeness (QED) is 0.585. The molecule has 0 atom stereocenters. The molecule has 56 valence electrons. The zero-order valence-corrected chi connectivity index (χ0v) is 6.33. The molecule has 0 aromatic carbocycles. The number of hydrogen-bond acceptors (Lipinski definition) is 4. The number of nitrogens with two attached hydrogens (primary N) is 1. The largest absolute Gasteiger partial charge is 0.305 e. The fourth-order valence-electron chi connectivity index (χ4n) is 0.405. The Morgan fingerprint density at radius 3 is 2.40 bits per heavy atom. The molecule has 0 unspecified atom stereocenters. The number of primary sulfonamides is 1. The highest BCUT2D eigenvalue weighted by atomic mass is 32.2. The van der Waals surface area contributed by atoms with Crippen molar-refractivity contribution in [2.75, 3.05) is 0 Å². The van der Waals surface area contributed by atoms with E-state index in [4.69, 9.17) is 0 Å². The molecule has 1 rings (SSSR count). The van der Waals surface area contributed by atoms with E-state index in [-0.39, 0.29) is 5.03 Å². The highest BCUT2D eigenvalue weighted by Gasteiger charge is 2.08. The molecule has 1 heterocycles. The molecule has 10 heavy (non-hydrogen) atoms. The van der Waals surface area contributed by atoms with Crippen molar-refractivity contribution >= 4 is 21.4 Å². The van der Waals surface area contributed by atoms with Crippen molar-refractivity contribution in [3.63, 3.8) is 0 Å². The van der Waals surface area contributed by atoms with Gasteiger partial charge in [-0.15, -0.1) is 0 Å². The molecule has 0 saturated heterocycles. The van der Waals surface area contributed by atoms with E-state index in [9.17, 15) is 13.2 Å². The van der Waals surface area contributed by atoms with Crippen LogP contribution in [0, 0.1) is 0 Å². The average Bonchev–Trinajstić information content (AvgIpc) is 2.11. The number of rotatable bonds is 1. The van der Waals surface area contributed by atoms with E-state index in [1.807, 2.05) is 0 Å². The third-order valence-electron chi connectivity index (χ3n) is 0.805. The van der Waals surface area contributed by atoms with Crippen LogP contribution in [0.2, 0.25) is 0 Å². The first kappa shape index (κ1) is 7.45. The number of H-pyrrole nitrogens is 1. The Hall–Kier alpha value is -0.660. The number of sulfonamides is 1. The van der Waals surface area contributed by atoms with Crippen LogP contribution in [0.5, 0.6) is 0 Å². The summed E-state index contributed by atoms with van der Waals surface area (Å²) in [6.45, 7) is 0. The minimum Gasteiger partial charge on any atom is -0.302 e. The number of aromatic amines is 1. The van der Waals surface area contributed by atoms with E-state index >= 15 is 0 Å². The number of aromatic nitrogens is 1.